The van der Waals surface area contributed by atoms with Crippen molar-refractivity contribution in [2.24, 2.45) is 5.41 Å². The van der Waals surface area contributed by atoms with Gasteiger partial charge in [-0.1, -0.05) is 78.4 Å². The zero-order valence-electron chi connectivity index (χ0n) is 38.1. The average molecular weight is 862 g/mol. The maximum atomic E-state index is 14.2. The number of fused-ring (bicyclic) bond motifs is 1. The van der Waals surface area contributed by atoms with Crippen molar-refractivity contribution >= 4 is 50.6 Å². The van der Waals surface area contributed by atoms with Crippen LogP contribution in [0.4, 0.5) is 11.4 Å². The topological polar surface area (TPSA) is 88.2 Å². The number of hydrogen-bond donors (Lipinski definition) is 1. The number of nitrogens with one attached hydrogen (secondary N) is 1. The molecule has 0 spiro atoms. The molecule has 63 heavy (non-hydrogen) atoms. The molecule has 2 aliphatic rings. The molecule has 6 aromatic rings. The minimum Gasteiger partial charge on any atom is -0.493 e. The minimum atomic E-state index is -3.76. The molecule has 2 aliphatic heterocycles. The number of ether oxygens (including phenoxy) is 2. The fourth-order valence-electron chi connectivity index (χ4n) is 9.50. The average Bonchev–Trinajstić information content (AvgIpc) is 3.73. The number of sulfonamides is 1. The Morgan fingerprint density at radius 1 is 0.762 bits per heavy atom. The number of nitrogens with zero attached hydrogens (tertiary/aromatic N) is 2. The maximum absolute atomic E-state index is 14.2. The Labute approximate surface area is 374 Å². The monoisotopic (exact) mass is 861 g/mol. The lowest BCUT2D eigenvalue weighted by molar-refractivity contribution is -0.154. The number of rotatable bonds is 15. The first-order valence-electron chi connectivity index (χ1n) is 22.3. The Hall–Kier alpha value is -5.58. The summed E-state index contributed by atoms with van der Waals surface area (Å²) < 4.78 is 42.2. The van der Waals surface area contributed by atoms with Crippen LogP contribution in [0.3, 0.4) is 0 Å². The van der Waals surface area contributed by atoms with Crippen molar-refractivity contribution in [1.29, 1.82) is 0 Å². The number of carbonyl (C=O) groups is 1. The molecule has 8 nitrogen and oxygen atoms in total. The minimum absolute atomic E-state index is 0.212. The van der Waals surface area contributed by atoms with Crippen molar-refractivity contribution in [2.45, 2.75) is 106 Å². The number of hydrogen-bond acceptors (Lipinski definition) is 7. The van der Waals surface area contributed by atoms with Gasteiger partial charge in [-0.25, -0.2) is 8.42 Å². The third-order valence-corrected chi connectivity index (χ3v) is 15.0. The fraction of sp³-hybridized carbons (Fsp3) is 0.340. The Balaban J connectivity index is 1.10. The van der Waals surface area contributed by atoms with Gasteiger partial charge in [-0.05, 0) is 172 Å². The molecule has 0 unspecified atom stereocenters. The quantitative estimate of drug-likeness (QED) is 0.0625. The molecular formula is C53H60BN3O5S. The van der Waals surface area contributed by atoms with Gasteiger partial charge in [0, 0.05) is 36.4 Å². The highest BCUT2D eigenvalue weighted by Gasteiger charge is 2.41. The smallest absolute Gasteiger partial charge is 0.409 e. The van der Waals surface area contributed by atoms with Crippen LogP contribution in [-0.4, -0.2) is 38.9 Å². The molecule has 0 aromatic heterocycles. The fourth-order valence-corrected chi connectivity index (χ4v) is 10.9. The predicted molar refractivity (Wildman–Crippen MR) is 258 cm³/mol. The molecule has 0 radical (unpaired) electrons. The molecule has 0 atom stereocenters. The van der Waals surface area contributed by atoms with E-state index in [1.807, 2.05) is 45.9 Å². The van der Waals surface area contributed by atoms with E-state index in [0.717, 1.165) is 68.0 Å². The van der Waals surface area contributed by atoms with Gasteiger partial charge in [0.15, 0.2) is 0 Å². The first kappa shape index (κ1) is 44.0. The van der Waals surface area contributed by atoms with Gasteiger partial charge in [0.05, 0.1) is 23.5 Å². The van der Waals surface area contributed by atoms with Gasteiger partial charge in [0.1, 0.15) is 5.75 Å². The van der Waals surface area contributed by atoms with Crippen LogP contribution in [0.25, 0.3) is 10.8 Å². The highest BCUT2D eigenvalue weighted by molar-refractivity contribution is 7.89. The summed E-state index contributed by atoms with van der Waals surface area (Å²) in [6.45, 7) is 18.2. The molecule has 0 saturated carbocycles. The third kappa shape index (κ3) is 8.98. The van der Waals surface area contributed by atoms with Crippen LogP contribution in [0.2, 0.25) is 0 Å². The Bertz CT molecular complexity index is 2790. The normalized spacial score (nSPS) is 13.9. The molecule has 1 N–H and O–H groups in total. The standard InChI is InChI=1S/C53H60BN3O5S/c1-35-21-24-43(25-22-35)63(59,60)56-33-45-39(5)44(18-13-27-62-52(58)53(7,8)26-14-28-61-49-31-36(2)20-23-38(49)4)51(40(6)46(45)34-56)54-55-47-19-12-17-42-29-37(3)30-48(50(42)47)57(54)32-41-15-10-9-11-16-41/h9-12,15-17,19-25,29-31,55H,13-14,18,26-28,32-34H2,1-8H3. The first-order valence-corrected chi connectivity index (χ1v) is 23.7. The molecule has 326 valence electrons. The molecule has 8 rings (SSSR count). The van der Waals surface area contributed by atoms with Crippen LogP contribution < -0.4 is 20.2 Å². The van der Waals surface area contributed by atoms with Crippen molar-refractivity contribution in [3.8, 4) is 5.75 Å². The highest BCUT2D eigenvalue weighted by atomic mass is 32.2. The van der Waals surface area contributed by atoms with Crippen LogP contribution in [-0.2, 0) is 45.6 Å². The summed E-state index contributed by atoms with van der Waals surface area (Å²) in [5.74, 6) is 0.673. The molecule has 0 fully saturated rings. The Morgan fingerprint density at radius 2 is 1.48 bits per heavy atom. The molecular weight excluding hydrogens is 801 g/mol. The molecule has 0 saturated heterocycles. The molecule has 10 heteroatoms. The van der Waals surface area contributed by atoms with Crippen LogP contribution in [0.1, 0.15) is 88.7 Å². The zero-order valence-corrected chi connectivity index (χ0v) is 38.9. The maximum Gasteiger partial charge on any atom is 0.409 e. The lowest BCUT2D eigenvalue weighted by atomic mass is 9.58. The van der Waals surface area contributed by atoms with E-state index < -0.39 is 15.4 Å². The van der Waals surface area contributed by atoms with Crippen LogP contribution in [0.5, 0.6) is 5.75 Å². The lowest BCUT2D eigenvalue weighted by Crippen LogP contribution is -2.58. The van der Waals surface area contributed by atoms with Crippen molar-refractivity contribution < 1.29 is 22.7 Å². The number of esters is 1. The second-order valence-corrected chi connectivity index (χ2v) is 20.3. The summed E-state index contributed by atoms with van der Waals surface area (Å²) >= 11 is 0. The van der Waals surface area contributed by atoms with Crippen molar-refractivity contribution in [3.05, 3.63) is 159 Å². The largest absolute Gasteiger partial charge is 0.493 e. The summed E-state index contributed by atoms with van der Waals surface area (Å²) in [5.41, 5.74) is 13.8. The summed E-state index contributed by atoms with van der Waals surface area (Å²) in [5, 5.41) is 6.38. The van der Waals surface area contributed by atoms with E-state index in [1.165, 1.54) is 27.5 Å². The molecule has 2 heterocycles. The van der Waals surface area contributed by atoms with Gasteiger partial charge < -0.3 is 19.5 Å². The van der Waals surface area contributed by atoms with Crippen molar-refractivity contribution in [1.82, 2.24) is 4.31 Å². The summed E-state index contributed by atoms with van der Waals surface area (Å²) in [4.78, 5) is 16.4. The van der Waals surface area contributed by atoms with Gasteiger partial charge in [-0.15, -0.1) is 0 Å². The van der Waals surface area contributed by atoms with Crippen molar-refractivity contribution in [3.63, 3.8) is 0 Å². The number of carbonyl (C=O) groups excluding carboxylic acids is 1. The number of aryl methyl sites for hydroxylation is 4. The van der Waals surface area contributed by atoms with E-state index in [-0.39, 0.29) is 19.6 Å². The van der Waals surface area contributed by atoms with Gasteiger partial charge in [-0.2, -0.15) is 4.31 Å². The molecule has 0 aliphatic carbocycles. The third-order valence-electron chi connectivity index (χ3n) is 13.2. The van der Waals surface area contributed by atoms with Crippen LogP contribution >= 0.6 is 0 Å². The zero-order chi connectivity index (χ0) is 44.6. The first-order chi connectivity index (χ1) is 30.1. The number of anilines is 2. The summed E-state index contributed by atoms with van der Waals surface area (Å²) in [6, 6.07) is 34.9. The van der Waals surface area contributed by atoms with E-state index in [0.29, 0.717) is 50.4 Å². The molecule has 6 aromatic carbocycles. The summed E-state index contributed by atoms with van der Waals surface area (Å²) in [6.07, 6.45) is 2.64. The van der Waals surface area contributed by atoms with E-state index in [9.17, 15) is 13.2 Å². The SMILES string of the molecule is Cc1ccc(S(=O)(=O)N2Cc3c(C)c(CCCOC(=O)C(C)(C)CCCOc4cc(C)ccc4C)c(B4Nc5cccc6cc(C)cc(c56)N4Cc4ccccc4)c(C)c3C2)cc1. The second kappa shape index (κ2) is 17.9. The van der Waals surface area contributed by atoms with E-state index in [2.05, 4.69) is 111 Å². The van der Waals surface area contributed by atoms with E-state index >= 15 is 0 Å². The van der Waals surface area contributed by atoms with Crippen LogP contribution in [0, 0.1) is 47.0 Å². The van der Waals surface area contributed by atoms with Gasteiger partial charge in [-0.3, -0.25) is 4.79 Å². The van der Waals surface area contributed by atoms with Gasteiger partial charge in [0.2, 0.25) is 10.0 Å². The van der Waals surface area contributed by atoms with E-state index in [4.69, 9.17) is 9.47 Å². The predicted octanol–water partition coefficient (Wildman–Crippen LogP) is 10.6. The second-order valence-electron chi connectivity index (χ2n) is 18.4. The lowest BCUT2D eigenvalue weighted by Gasteiger charge is -2.40. The Kier molecular flexibility index (Phi) is 12.5. The van der Waals surface area contributed by atoms with E-state index in [1.54, 1.807) is 16.4 Å². The van der Waals surface area contributed by atoms with Gasteiger partial charge >= 0.3 is 13.0 Å². The highest BCUT2D eigenvalue weighted by Crippen LogP contribution is 2.41. The van der Waals surface area contributed by atoms with Gasteiger partial charge in [0.25, 0.3) is 0 Å². The molecule has 0 amide bonds. The molecule has 0 bridgehead atoms. The Morgan fingerprint density at radius 3 is 2.22 bits per heavy atom. The summed E-state index contributed by atoms with van der Waals surface area (Å²) in [7, 11) is -3.76. The number of benzene rings is 6. The van der Waals surface area contributed by atoms with Crippen molar-refractivity contribution in [2.75, 3.05) is 23.3 Å². The van der Waals surface area contributed by atoms with Crippen LogP contribution in [0.15, 0.2) is 108 Å².